The highest BCUT2D eigenvalue weighted by Crippen LogP contribution is 2.36. The van der Waals surface area contributed by atoms with E-state index in [9.17, 15) is 8.78 Å². The molecule has 3 aromatic rings. The first-order valence-corrected chi connectivity index (χ1v) is 8.34. The van der Waals surface area contributed by atoms with E-state index in [4.69, 9.17) is 4.52 Å². The lowest BCUT2D eigenvalue weighted by Gasteiger charge is -2.34. The molecule has 2 bridgehead atoms. The Hall–Kier alpha value is -2.54. The lowest BCUT2D eigenvalue weighted by atomic mass is 10.2. The van der Waals surface area contributed by atoms with Gasteiger partial charge < -0.3 is 9.42 Å². The van der Waals surface area contributed by atoms with E-state index in [0.717, 1.165) is 30.6 Å². The Bertz CT molecular complexity index is 944. The lowest BCUT2D eigenvalue weighted by molar-refractivity contribution is 0.224. The minimum absolute atomic E-state index is 0.240. The molecule has 5 rings (SSSR count). The maximum atomic E-state index is 14.0. The molecule has 2 fully saturated rings. The Labute approximate surface area is 142 Å². The van der Waals surface area contributed by atoms with Crippen LogP contribution in [0.25, 0.3) is 11.0 Å². The average Bonchev–Trinajstić information content (AvgIpc) is 3.30. The summed E-state index contributed by atoms with van der Waals surface area (Å²) in [4.78, 5) is 8.56. The number of pyridine rings is 1. The quantitative estimate of drug-likeness (QED) is 0.732. The Kier molecular flexibility index (Phi) is 3.24. The van der Waals surface area contributed by atoms with E-state index in [1.54, 1.807) is 18.3 Å². The van der Waals surface area contributed by atoms with Crippen molar-refractivity contribution in [2.75, 3.05) is 18.0 Å². The van der Waals surface area contributed by atoms with Crippen molar-refractivity contribution >= 4 is 16.8 Å². The zero-order valence-corrected chi connectivity index (χ0v) is 13.4. The molecule has 2 saturated heterocycles. The van der Waals surface area contributed by atoms with E-state index in [1.165, 1.54) is 18.2 Å². The maximum absolute atomic E-state index is 14.0. The molecule has 2 aliphatic heterocycles. The zero-order chi connectivity index (χ0) is 17.0. The third-order valence-corrected chi connectivity index (χ3v) is 5.22. The molecule has 0 radical (unpaired) electrons. The highest BCUT2D eigenvalue weighted by Gasteiger charge is 2.44. The van der Waals surface area contributed by atoms with Gasteiger partial charge in [0, 0.05) is 43.3 Å². The van der Waals surface area contributed by atoms with Gasteiger partial charge in [-0.1, -0.05) is 5.16 Å². The number of hydrogen-bond donors (Lipinski definition) is 0. The second-order valence-electron chi connectivity index (χ2n) is 6.70. The van der Waals surface area contributed by atoms with Crippen LogP contribution in [0.2, 0.25) is 0 Å². The van der Waals surface area contributed by atoms with Crippen molar-refractivity contribution in [1.29, 1.82) is 0 Å². The van der Waals surface area contributed by atoms with E-state index in [1.807, 2.05) is 0 Å². The monoisotopic (exact) mass is 342 g/mol. The summed E-state index contributed by atoms with van der Waals surface area (Å²) in [6, 6.07) is 8.04. The molecule has 5 nitrogen and oxygen atoms in total. The van der Waals surface area contributed by atoms with Crippen LogP contribution in [0.4, 0.5) is 14.6 Å². The Morgan fingerprint density at radius 3 is 2.88 bits per heavy atom. The molecular formula is C18H16F2N4O. The van der Waals surface area contributed by atoms with Gasteiger partial charge in [0.1, 0.15) is 11.5 Å². The van der Waals surface area contributed by atoms with Crippen LogP contribution in [0, 0.1) is 11.6 Å². The number of aromatic nitrogens is 2. The number of halogens is 2. The van der Waals surface area contributed by atoms with Crippen LogP contribution in [0.5, 0.6) is 0 Å². The van der Waals surface area contributed by atoms with Crippen molar-refractivity contribution in [2.45, 2.75) is 25.0 Å². The normalized spacial score (nSPS) is 23.0. The van der Waals surface area contributed by atoms with Crippen molar-refractivity contribution in [3.63, 3.8) is 0 Å². The first-order chi connectivity index (χ1) is 12.2. The Morgan fingerprint density at radius 1 is 1.16 bits per heavy atom. The van der Waals surface area contributed by atoms with Crippen LogP contribution < -0.4 is 4.90 Å². The van der Waals surface area contributed by atoms with Gasteiger partial charge in [-0.25, -0.2) is 13.8 Å². The van der Waals surface area contributed by atoms with Gasteiger partial charge in [0.15, 0.2) is 17.2 Å². The van der Waals surface area contributed by atoms with E-state index in [-0.39, 0.29) is 17.7 Å². The summed E-state index contributed by atoms with van der Waals surface area (Å²) in [5.41, 5.74) is 1.34. The molecule has 0 saturated carbocycles. The van der Waals surface area contributed by atoms with Gasteiger partial charge in [0.25, 0.3) is 0 Å². The van der Waals surface area contributed by atoms with Crippen molar-refractivity contribution < 1.29 is 13.3 Å². The van der Waals surface area contributed by atoms with Crippen LogP contribution in [0.1, 0.15) is 12.1 Å². The number of piperazine rings is 1. The highest BCUT2D eigenvalue weighted by atomic mass is 19.1. The van der Waals surface area contributed by atoms with Crippen LogP contribution in [-0.4, -0.2) is 40.2 Å². The van der Waals surface area contributed by atoms with Gasteiger partial charge in [-0.3, -0.25) is 4.90 Å². The molecule has 25 heavy (non-hydrogen) atoms. The molecule has 4 heterocycles. The van der Waals surface area contributed by atoms with Crippen molar-refractivity contribution in [3.8, 4) is 0 Å². The second kappa shape index (κ2) is 5.49. The van der Waals surface area contributed by atoms with E-state index < -0.39 is 0 Å². The van der Waals surface area contributed by atoms with Gasteiger partial charge in [0.05, 0.1) is 0 Å². The summed E-state index contributed by atoms with van der Waals surface area (Å²) in [7, 11) is 0. The fourth-order valence-electron chi connectivity index (χ4n) is 4.06. The molecule has 2 atom stereocenters. The zero-order valence-electron chi connectivity index (χ0n) is 13.4. The minimum Gasteiger partial charge on any atom is -0.356 e. The SMILES string of the molecule is Fc1ccc2onc(CN3CC4CC3CN4c3ncccc3F)c2c1. The van der Waals surface area contributed by atoms with Gasteiger partial charge >= 0.3 is 0 Å². The summed E-state index contributed by atoms with van der Waals surface area (Å²) in [6.07, 6.45) is 2.60. The number of anilines is 1. The molecule has 2 aromatic heterocycles. The topological polar surface area (TPSA) is 45.4 Å². The summed E-state index contributed by atoms with van der Waals surface area (Å²) >= 11 is 0. The van der Waals surface area contributed by atoms with Crippen molar-refractivity contribution in [1.82, 2.24) is 15.0 Å². The first-order valence-electron chi connectivity index (χ1n) is 8.34. The standard InChI is InChI=1S/C18H16F2N4O/c19-11-3-4-17-14(6-11)16(22-25-17)10-23-8-13-7-12(23)9-24(13)18-15(20)2-1-5-21-18/h1-6,12-13H,7-10H2. The summed E-state index contributed by atoms with van der Waals surface area (Å²) in [6.45, 7) is 2.16. The molecule has 0 amide bonds. The first kappa shape index (κ1) is 14.8. The smallest absolute Gasteiger partial charge is 0.167 e. The van der Waals surface area contributed by atoms with Crippen LogP contribution in [0.3, 0.4) is 0 Å². The molecule has 0 aliphatic carbocycles. The number of nitrogens with zero attached hydrogens (tertiary/aromatic N) is 4. The predicted octanol–water partition coefficient (Wildman–Crippen LogP) is 2.96. The van der Waals surface area contributed by atoms with Gasteiger partial charge in [-0.2, -0.15) is 0 Å². The number of fused-ring (bicyclic) bond motifs is 3. The molecule has 128 valence electrons. The van der Waals surface area contributed by atoms with Gasteiger partial charge in [-0.05, 0) is 36.8 Å². The number of rotatable bonds is 3. The fraction of sp³-hybridized carbons (Fsp3) is 0.333. The molecule has 2 unspecified atom stereocenters. The third-order valence-electron chi connectivity index (χ3n) is 5.22. The number of hydrogen-bond acceptors (Lipinski definition) is 5. The average molecular weight is 342 g/mol. The molecule has 0 N–H and O–H groups in total. The van der Waals surface area contributed by atoms with Gasteiger partial charge in [-0.15, -0.1) is 0 Å². The largest absolute Gasteiger partial charge is 0.356 e. The molecule has 1 aromatic carbocycles. The summed E-state index contributed by atoms with van der Waals surface area (Å²) in [5, 5.41) is 4.82. The predicted molar refractivity (Wildman–Crippen MR) is 88.1 cm³/mol. The highest BCUT2D eigenvalue weighted by molar-refractivity contribution is 5.79. The fourth-order valence-corrected chi connectivity index (χ4v) is 4.06. The van der Waals surface area contributed by atoms with E-state index >= 15 is 0 Å². The van der Waals surface area contributed by atoms with Crippen molar-refractivity contribution in [3.05, 3.63) is 53.9 Å². The molecular weight excluding hydrogens is 326 g/mol. The van der Waals surface area contributed by atoms with E-state index in [2.05, 4.69) is 19.9 Å². The van der Waals surface area contributed by atoms with Crippen LogP contribution >= 0.6 is 0 Å². The second-order valence-corrected chi connectivity index (χ2v) is 6.70. The van der Waals surface area contributed by atoms with E-state index in [0.29, 0.717) is 24.0 Å². The maximum Gasteiger partial charge on any atom is 0.167 e. The third kappa shape index (κ3) is 2.38. The Balaban J connectivity index is 1.35. The number of benzene rings is 1. The summed E-state index contributed by atoms with van der Waals surface area (Å²) < 4.78 is 32.8. The number of likely N-dealkylation sites (tertiary alicyclic amines) is 1. The van der Waals surface area contributed by atoms with Crippen LogP contribution in [0.15, 0.2) is 41.1 Å². The summed E-state index contributed by atoms with van der Waals surface area (Å²) in [5.74, 6) is -0.139. The molecule has 2 aliphatic rings. The Morgan fingerprint density at radius 2 is 2.08 bits per heavy atom. The lowest BCUT2D eigenvalue weighted by Crippen LogP contribution is -2.46. The van der Waals surface area contributed by atoms with Gasteiger partial charge in [0.2, 0.25) is 0 Å². The molecule has 7 heteroatoms. The molecule has 0 spiro atoms. The van der Waals surface area contributed by atoms with Crippen molar-refractivity contribution in [2.24, 2.45) is 0 Å². The van der Waals surface area contributed by atoms with Crippen LogP contribution in [-0.2, 0) is 6.54 Å². The minimum atomic E-state index is -0.295.